The fourth-order valence-electron chi connectivity index (χ4n) is 2.85. The number of nitrogens with zero attached hydrogens (tertiary/aromatic N) is 2. The average Bonchev–Trinajstić information content (AvgIpc) is 3.18. The van der Waals surface area contributed by atoms with Crippen LogP contribution in [0, 0.1) is 10.1 Å². The molecule has 1 aliphatic heterocycles. The van der Waals surface area contributed by atoms with Crippen LogP contribution >= 0.6 is 23.2 Å². The van der Waals surface area contributed by atoms with Gasteiger partial charge in [0, 0.05) is 30.9 Å². The van der Waals surface area contributed by atoms with E-state index in [1.165, 1.54) is 28.6 Å². The first kappa shape index (κ1) is 20.5. The summed E-state index contributed by atoms with van der Waals surface area (Å²) >= 11 is 12.0. The Bertz CT molecular complexity index is 1050. The Labute approximate surface area is 171 Å². The van der Waals surface area contributed by atoms with E-state index in [0.29, 0.717) is 13.1 Å². The SMILES string of the molecule is O=C(Nc1ccc(Cl)c(S(=O)(=O)N2CCCC2)c1)c1ccc([N+](=O)[O-])cc1Cl. The second-order valence-electron chi connectivity index (χ2n) is 6.13. The molecule has 148 valence electrons. The summed E-state index contributed by atoms with van der Waals surface area (Å²) in [5.41, 5.74) is -0.0141. The number of carbonyl (C=O) groups is 1. The molecule has 0 unspecified atom stereocenters. The summed E-state index contributed by atoms with van der Waals surface area (Å²) in [5.74, 6) is -0.633. The van der Waals surface area contributed by atoms with Crippen LogP contribution in [0.1, 0.15) is 23.2 Å². The lowest BCUT2D eigenvalue weighted by atomic mass is 10.2. The molecule has 8 nitrogen and oxygen atoms in total. The summed E-state index contributed by atoms with van der Waals surface area (Å²) in [5, 5.41) is 13.3. The van der Waals surface area contributed by atoms with Gasteiger partial charge in [-0.05, 0) is 37.1 Å². The fourth-order valence-corrected chi connectivity index (χ4v) is 5.12. The molecule has 2 aromatic carbocycles. The highest BCUT2D eigenvalue weighted by atomic mass is 35.5. The average molecular weight is 444 g/mol. The predicted octanol–water partition coefficient (Wildman–Crippen LogP) is 3.94. The molecule has 0 saturated carbocycles. The van der Waals surface area contributed by atoms with Crippen LogP contribution in [-0.4, -0.2) is 36.6 Å². The first-order chi connectivity index (χ1) is 13.2. The minimum atomic E-state index is -3.77. The standard InChI is InChI=1S/C17H15Cl2N3O5S/c18-14-6-3-11(9-16(14)28(26,27)21-7-1-2-8-21)20-17(23)13-5-4-12(22(24)25)10-15(13)19/h3-6,9-10H,1-2,7-8H2,(H,20,23). The van der Waals surface area contributed by atoms with Crippen LogP contribution in [0.2, 0.25) is 10.0 Å². The highest BCUT2D eigenvalue weighted by molar-refractivity contribution is 7.89. The third-order valence-electron chi connectivity index (χ3n) is 4.28. The van der Waals surface area contributed by atoms with E-state index in [4.69, 9.17) is 23.2 Å². The van der Waals surface area contributed by atoms with Crippen LogP contribution in [0.5, 0.6) is 0 Å². The number of nitro groups is 1. The van der Waals surface area contributed by atoms with Gasteiger partial charge < -0.3 is 5.32 Å². The van der Waals surface area contributed by atoms with E-state index in [2.05, 4.69) is 5.32 Å². The maximum absolute atomic E-state index is 12.8. The molecule has 0 radical (unpaired) electrons. The highest BCUT2D eigenvalue weighted by Gasteiger charge is 2.29. The van der Waals surface area contributed by atoms with Gasteiger partial charge in [0.25, 0.3) is 11.6 Å². The molecule has 28 heavy (non-hydrogen) atoms. The number of hydrogen-bond acceptors (Lipinski definition) is 5. The fraction of sp³-hybridized carbons (Fsp3) is 0.235. The highest BCUT2D eigenvalue weighted by Crippen LogP contribution is 2.30. The molecule has 0 aliphatic carbocycles. The number of amides is 1. The first-order valence-corrected chi connectivity index (χ1v) is 10.4. The minimum absolute atomic E-state index is 0.0196. The maximum atomic E-state index is 12.8. The van der Waals surface area contributed by atoms with Crippen LogP contribution in [0.4, 0.5) is 11.4 Å². The van der Waals surface area contributed by atoms with E-state index in [1.54, 1.807) is 0 Å². The second-order valence-corrected chi connectivity index (χ2v) is 8.85. The van der Waals surface area contributed by atoms with Gasteiger partial charge in [0.15, 0.2) is 0 Å². The van der Waals surface area contributed by atoms with E-state index in [9.17, 15) is 23.3 Å². The molecule has 0 atom stereocenters. The molecule has 0 aromatic heterocycles. The molecule has 1 saturated heterocycles. The van der Waals surface area contributed by atoms with Crippen molar-refractivity contribution < 1.29 is 18.1 Å². The predicted molar refractivity (Wildman–Crippen MR) is 106 cm³/mol. The number of anilines is 1. The Morgan fingerprint density at radius 2 is 1.75 bits per heavy atom. The van der Waals surface area contributed by atoms with Gasteiger partial charge in [-0.15, -0.1) is 0 Å². The smallest absolute Gasteiger partial charge is 0.270 e. The molecule has 3 rings (SSSR count). The molecule has 1 N–H and O–H groups in total. The zero-order chi connectivity index (χ0) is 20.5. The van der Waals surface area contributed by atoms with Crippen LogP contribution in [0.25, 0.3) is 0 Å². The Hall–Kier alpha value is -2.20. The summed E-state index contributed by atoms with van der Waals surface area (Å²) in [6, 6.07) is 7.59. The molecule has 11 heteroatoms. The van der Waals surface area contributed by atoms with Crippen molar-refractivity contribution in [2.24, 2.45) is 0 Å². The van der Waals surface area contributed by atoms with Crippen molar-refractivity contribution in [2.45, 2.75) is 17.7 Å². The van der Waals surface area contributed by atoms with Gasteiger partial charge in [-0.25, -0.2) is 8.42 Å². The van der Waals surface area contributed by atoms with Crippen molar-refractivity contribution in [3.63, 3.8) is 0 Å². The number of rotatable bonds is 5. The van der Waals surface area contributed by atoms with Gasteiger partial charge >= 0.3 is 0 Å². The number of hydrogen-bond donors (Lipinski definition) is 1. The zero-order valence-electron chi connectivity index (χ0n) is 14.4. The second kappa shape index (κ2) is 8.04. The van der Waals surface area contributed by atoms with E-state index in [1.807, 2.05) is 0 Å². The summed E-state index contributed by atoms with van der Waals surface area (Å²) in [4.78, 5) is 22.5. The molecule has 0 spiro atoms. The lowest BCUT2D eigenvalue weighted by Crippen LogP contribution is -2.28. The number of carbonyl (C=O) groups excluding carboxylic acids is 1. The summed E-state index contributed by atoms with van der Waals surface area (Å²) in [6.07, 6.45) is 1.57. The number of halogens is 2. The van der Waals surface area contributed by atoms with Crippen LogP contribution in [0.3, 0.4) is 0 Å². The van der Waals surface area contributed by atoms with Gasteiger partial charge in [-0.2, -0.15) is 4.31 Å². The Balaban J connectivity index is 1.87. The number of nitrogens with one attached hydrogen (secondary N) is 1. The van der Waals surface area contributed by atoms with Gasteiger partial charge in [-0.1, -0.05) is 23.2 Å². The topological polar surface area (TPSA) is 110 Å². The molecule has 1 heterocycles. The van der Waals surface area contributed by atoms with Gasteiger partial charge in [0.2, 0.25) is 10.0 Å². The van der Waals surface area contributed by atoms with E-state index < -0.39 is 20.9 Å². The van der Waals surface area contributed by atoms with Crippen LogP contribution < -0.4 is 5.32 Å². The minimum Gasteiger partial charge on any atom is -0.322 e. The van der Waals surface area contributed by atoms with Gasteiger partial charge in [0.1, 0.15) is 4.90 Å². The lowest BCUT2D eigenvalue weighted by Gasteiger charge is -2.17. The monoisotopic (exact) mass is 443 g/mol. The van der Waals surface area contributed by atoms with Crippen LogP contribution in [-0.2, 0) is 10.0 Å². The largest absolute Gasteiger partial charge is 0.322 e. The van der Waals surface area contributed by atoms with Crippen molar-refractivity contribution in [2.75, 3.05) is 18.4 Å². The van der Waals surface area contributed by atoms with Crippen LogP contribution in [0.15, 0.2) is 41.3 Å². The molecular weight excluding hydrogens is 429 g/mol. The lowest BCUT2D eigenvalue weighted by molar-refractivity contribution is -0.384. The van der Waals surface area contributed by atoms with Crippen molar-refractivity contribution in [3.8, 4) is 0 Å². The summed E-state index contributed by atoms with van der Waals surface area (Å²) in [7, 11) is -3.77. The summed E-state index contributed by atoms with van der Waals surface area (Å²) in [6.45, 7) is 0.849. The third-order valence-corrected chi connectivity index (χ3v) is 6.97. The van der Waals surface area contributed by atoms with E-state index in [-0.39, 0.29) is 31.9 Å². The molecule has 2 aromatic rings. The van der Waals surface area contributed by atoms with Crippen molar-refractivity contribution in [1.29, 1.82) is 0 Å². The van der Waals surface area contributed by atoms with E-state index in [0.717, 1.165) is 25.0 Å². The first-order valence-electron chi connectivity index (χ1n) is 8.25. The molecule has 0 bridgehead atoms. The molecule has 1 amide bonds. The maximum Gasteiger partial charge on any atom is 0.270 e. The molecular formula is C17H15Cl2N3O5S. The number of benzene rings is 2. The zero-order valence-corrected chi connectivity index (χ0v) is 16.7. The number of nitro benzene ring substituents is 1. The Morgan fingerprint density at radius 1 is 1.07 bits per heavy atom. The van der Waals surface area contributed by atoms with Crippen molar-refractivity contribution >= 4 is 50.5 Å². The quantitative estimate of drug-likeness (QED) is 0.555. The summed E-state index contributed by atoms with van der Waals surface area (Å²) < 4.78 is 26.9. The number of sulfonamides is 1. The van der Waals surface area contributed by atoms with Crippen molar-refractivity contribution in [1.82, 2.24) is 4.31 Å². The van der Waals surface area contributed by atoms with Gasteiger partial charge in [0.05, 0.1) is 20.5 Å². The molecule has 1 aliphatic rings. The Kier molecular flexibility index (Phi) is 5.90. The third kappa shape index (κ3) is 4.12. The normalized spacial score (nSPS) is 14.8. The molecule has 1 fully saturated rings. The Morgan fingerprint density at radius 3 is 2.36 bits per heavy atom. The number of non-ortho nitro benzene ring substituents is 1. The van der Waals surface area contributed by atoms with E-state index >= 15 is 0 Å². The van der Waals surface area contributed by atoms with Crippen molar-refractivity contribution in [3.05, 3.63) is 62.1 Å². The van der Waals surface area contributed by atoms with Gasteiger partial charge in [-0.3, -0.25) is 14.9 Å².